The summed E-state index contributed by atoms with van der Waals surface area (Å²) in [6.07, 6.45) is 0.125. The van der Waals surface area contributed by atoms with Gasteiger partial charge in [0.25, 0.3) is 0 Å². The third kappa shape index (κ3) is 3.98. The van der Waals surface area contributed by atoms with Gasteiger partial charge < -0.3 is 9.47 Å². The summed E-state index contributed by atoms with van der Waals surface area (Å²) in [5.74, 6) is 0.217. The van der Waals surface area contributed by atoms with Crippen molar-refractivity contribution in [2.75, 3.05) is 7.11 Å². The molecule has 0 amide bonds. The Morgan fingerprint density at radius 3 is 2.52 bits per heavy atom. The maximum absolute atomic E-state index is 11.9. The van der Waals surface area contributed by atoms with Crippen LogP contribution in [0.15, 0.2) is 42.5 Å². The lowest BCUT2D eigenvalue weighted by molar-refractivity contribution is -0.133. The van der Waals surface area contributed by atoms with Crippen LogP contribution in [-0.2, 0) is 11.2 Å². The standard InChI is InChI=1S/C16H12ClNO3/c1-20-15-8-12(10-18)4-7-14(15)21-16(19)9-11-2-5-13(17)6-3-11/h2-8H,9H2,1H3. The second kappa shape index (κ2) is 6.78. The van der Waals surface area contributed by atoms with E-state index < -0.39 is 5.97 Å². The van der Waals surface area contributed by atoms with Crippen molar-refractivity contribution in [3.8, 4) is 17.6 Å². The van der Waals surface area contributed by atoms with Gasteiger partial charge >= 0.3 is 5.97 Å². The van der Waals surface area contributed by atoms with Crippen LogP contribution in [0.25, 0.3) is 0 Å². The number of halogens is 1. The number of carbonyl (C=O) groups excluding carboxylic acids is 1. The minimum absolute atomic E-state index is 0.125. The number of nitriles is 1. The van der Waals surface area contributed by atoms with Crippen LogP contribution in [0.1, 0.15) is 11.1 Å². The van der Waals surface area contributed by atoms with E-state index in [1.54, 1.807) is 30.3 Å². The normalized spacial score (nSPS) is 9.76. The average molecular weight is 302 g/mol. The van der Waals surface area contributed by atoms with Crippen molar-refractivity contribution in [1.29, 1.82) is 5.26 Å². The SMILES string of the molecule is COc1cc(C#N)ccc1OC(=O)Cc1ccc(Cl)cc1. The molecule has 0 saturated heterocycles. The molecular formula is C16H12ClNO3. The first-order valence-electron chi connectivity index (χ1n) is 6.15. The Morgan fingerprint density at radius 1 is 1.19 bits per heavy atom. The molecule has 0 aliphatic carbocycles. The molecule has 0 fully saturated rings. The van der Waals surface area contributed by atoms with E-state index in [0.717, 1.165) is 5.56 Å². The number of methoxy groups -OCH3 is 1. The molecule has 0 saturated carbocycles. The summed E-state index contributed by atoms with van der Waals surface area (Å²) >= 11 is 5.79. The number of benzene rings is 2. The van der Waals surface area contributed by atoms with Gasteiger partial charge in [-0.15, -0.1) is 0 Å². The summed E-state index contributed by atoms with van der Waals surface area (Å²) in [7, 11) is 1.45. The topological polar surface area (TPSA) is 59.3 Å². The fourth-order valence-corrected chi connectivity index (χ4v) is 1.88. The predicted octanol–water partition coefficient (Wildman–Crippen LogP) is 3.37. The number of carbonyl (C=O) groups is 1. The van der Waals surface area contributed by atoms with Crippen LogP contribution in [0.4, 0.5) is 0 Å². The Bertz CT molecular complexity index is 690. The van der Waals surface area contributed by atoms with Crippen LogP contribution in [-0.4, -0.2) is 13.1 Å². The molecule has 21 heavy (non-hydrogen) atoms. The molecule has 0 heterocycles. The minimum Gasteiger partial charge on any atom is -0.493 e. The number of nitrogens with zero attached hydrogens (tertiary/aromatic N) is 1. The van der Waals surface area contributed by atoms with E-state index in [1.165, 1.54) is 19.2 Å². The van der Waals surface area contributed by atoms with Gasteiger partial charge in [0.05, 0.1) is 25.2 Å². The summed E-state index contributed by atoms with van der Waals surface area (Å²) in [6.45, 7) is 0. The first-order chi connectivity index (χ1) is 10.1. The quantitative estimate of drug-likeness (QED) is 0.642. The molecule has 2 aromatic rings. The van der Waals surface area contributed by atoms with Gasteiger partial charge in [-0.1, -0.05) is 23.7 Å². The van der Waals surface area contributed by atoms with E-state index in [1.807, 2.05) is 6.07 Å². The van der Waals surface area contributed by atoms with Crippen LogP contribution in [0.2, 0.25) is 5.02 Å². The summed E-state index contributed by atoms with van der Waals surface area (Å²) in [5, 5.41) is 9.44. The molecule has 0 bridgehead atoms. The molecule has 0 radical (unpaired) electrons. The van der Waals surface area contributed by atoms with Crippen LogP contribution in [0.5, 0.6) is 11.5 Å². The molecule has 0 spiro atoms. The van der Waals surface area contributed by atoms with Crippen molar-refractivity contribution in [2.45, 2.75) is 6.42 Å². The first kappa shape index (κ1) is 14.9. The van der Waals surface area contributed by atoms with Crippen LogP contribution in [0, 0.1) is 11.3 Å². The lowest BCUT2D eigenvalue weighted by Gasteiger charge is -2.09. The molecule has 0 N–H and O–H groups in total. The summed E-state index contributed by atoms with van der Waals surface area (Å²) in [4.78, 5) is 11.9. The smallest absolute Gasteiger partial charge is 0.315 e. The summed E-state index contributed by atoms with van der Waals surface area (Å²) < 4.78 is 10.4. The van der Waals surface area contributed by atoms with E-state index >= 15 is 0 Å². The highest BCUT2D eigenvalue weighted by Crippen LogP contribution is 2.28. The molecule has 5 heteroatoms. The third-order valence-electron chi connectivity index (χ3n) is 2.78. The molecule has 0 aromatic heterocycles. The highest BCUT2D eigenvalue weighted by molar-refractivity contribution is 6.30. The van der Waals surface area contributed by atoms with Gasteiger partial charge in [0.2, 0.25) is 0 Å². The molecule has 0 atom stereocenters. The molecule has 0 aliphatic heterocycles. The number of ether oxygens (including phenoxy) is 2. The average Bonchev–Trinajstić information content (AvgIpc) is 2.50. The van der Waals surface area contributed by atoms with E-state index in [9.17, 15) is 4.79 Å². The number of hydrogen-bond acceptors (Lipinski definition) is 4. The molecule has 4 nitrogen and oxygen atoms in total. The van der Waals surface area contributed by atoms with E-state index in [0.29, 0.717) is 16.3 Å². The lowest BCUT2D eigenvalue weighted by Crippen LogP contribution is -2.11. The predicted molar refractivity (Wildman–Crippen MR) is 78.5 cm³/mol. The Kier molecular flexibility index (Phi) is 4.81. The fraction of sp³-hybridized carbons (Fsp3) is 0.125. The highest BCUT2D eigenvalue weighted by atomic mass is 35.5. The maximum atomic E-state index is 11.9. The Morgan fingerprint density at radius 2 is 1.90 bits per heavy atom. The zero-order valence-electron chi connectivity index (χ0n) is 11.3. The van der Waals surface area contributed by atoms with Gasteiger partial charge in [-0.2, -0.15) is 5.26 Å². The Balaban J connectivity index is 2.09. The Hall–Kier alpha value is -2.51. The van der Waals surface area contributed by atoms with E-state index in [2.05, 4.69) is 0 Å². The molecule has 106 valence electrons. The van der Waals surface area contributed by atoms with Crippen molar-refractivity contribution >= 4 is 17.6 Å². The van der Waals surface area contributed by atoms with Gasteiger partial charge in [0, 0.05) is 11.1 Å². The molecule has 0 aliphatic rings. The van der Waals surface area contributed by atoms with Crippen molar-refractivity contribution < 1.29 is 14.3 Å². The van der Waals surface area contributed by atoms with Crippen LogP contribution >= 0.6 is 11.6 Å². The zero-order valence-corrected chi connectivity index (χ0v) is 12.1. The third-order valence-corrected chi connectivity index (χ3v) is 3.03. The van der Waals surface area contributed by atoms with Gasteiger partial charge in [-0.25, -0.2) is 0 Å². The van der Waals surface area contributed by atoms with Crippen molar-refractivity contribution in [3.63, 3.8) is 0 Å². The molecule has 0 unspecified atom stereocenters. The van der Waals surface area contributed by atoms with Crippen molar-refractivity contribution in [2.24, 2.45) is 0 Å². The van der Waals surface area contributed by atoms with Gasteiger partial charge in [0.15, 0.2) is 11.5 Å². The van der Waals surface area contributed by atoms with Crippen LogP contribution < -0.4 is 9.47 Å². The number of esters is 1. The highest BCUT2D eigenvalue weighted by Gasteiger charge is 2.11. The lowest BCUT2D eigenvalue weighted by atomic mass is 10.1. The largest absolute Gasteiger partial charge is 0.493 e. The number of hydrogen-bond donors (Lipinski definition) is 0. The van der Waals surface area contributed by atoms with Crippen molar-refractivity contribution in [1.82, 2.24) is 0 Å². The van der Waals surface area contributed by atoms with Crippen LogP contribution in [0.3, 0.4) is 0 Å². The second-order valence-corrected chi connectivity index (χ2v) is 4.69. The molecular weight excluding hydrogens is 290 g/mol. The zero-order chi connectivity index (χ0) is 15.2. The fourth-order valence-electron chi connectivity index (χ4n) is 1.75. The second-order valence-electron chi connectivity index (χ2n) is 4.25. The number of rotatable bonds is 4. The summed E-state index contributed by atoms with van der Waals surface area (Å²) in [6, 6.07) is 13.6. The van der Waals surface area contributed by atoms with E-state index in [4.69, 9.17) is 26.3 Å². The maximum Gasteiger partial charge on any atom is 0.315 e. The Labute approximate surface area is 127 Å². The first-order valence-corrected chi connectivity index (χ1v) is 6.53. The van der Waals surface area contributed by atoms with Crippen molar-refractivity contribution in [3.05, 3.63) is 58.6 Å². The van der Waals surface area contributed by atoms with Gasteiger partial charge in [0.1, 0.15) is 0 Å². The van der Waals surface area contributed by atoms with E-state index in [-0.39, 0.29) is 12.2 Å². The van der Waals surface area contributed by atoms with Gasteiger partial charge in [-0.05, 0) is 29.8 Å². The summed E-state index contributed by atoms with van der Waals surface area (Å²) in [5.41, 5.74) is 1.24. The molecule has 2 rings (SSSR count). The molecule has 2 aromatic carbocycles. The van der Waals surface area contributed by atoms with Gasteiger partial charge in [-0.3, -0.25) is 4.79 Å². The monoisotopic (exact) mass is 301 g/mol. The minimum atomic E-state index is -0.416.